The molecular weight excluding hydrogens is 354 g/mol. The second-order valence-electron chi connectivity index (χ2n) is 8.79. The van der Waals surface area contributed by atoms with Gasteiger partial charge in [0.2, 0.25) is 0 Å². The first-order valence-corrected chi connectivity index (χ1v) is 10.7. The van der Waals surface area contributed by atoms with Crippen LogP contribution in [0.25, 0.3) is 0 Å². The van der Waals surface area contributed by atoms with Crippen molar-refractivity contribution in [2.45, 2.75) is 66.0 Å². The van der Waals surface area contributed by atoms with Gasteiger partial charge in [0.15, 0.2) is 5.96 Å². The van der Waals surface area contributed by atoms with E-state index in [1.165, 1.54) is 6.42 Å². The lowest BCUT2D eigenvalue weighted by atomic mass is 10.1. The summed E-state index contributed by atoms with van der Waals surface area (Å²) in [6.45, 7) is 18.4. The van der Waals surface area contributed by atoms with Gasteiger partial charge in [-0.3, -0.25) is 4.99 Å². The predicted molar refractivity (Wildman–Crippen MR) is 117 cm³/mol. The number of rotatable bonds is 8. The molecule has 0 aliphatic carbocycles. The van der Waals surface area contributed by atoms with Gasteiger partial charge in [0.1, 0.15) is 5.60 Å². The van der Waals surface area contributed by atoms with Crippen molar-refractivity contribution in [3.05, 3.63) is 0 Å². The first-order valence-electron chi connectivity index (χ1n) is 10.7. The fraction of sp³-hybridized carbons (Fsp3) is 0.905. The maximum atomic E-state index is 12.2. The quantitative estimate of drug-likeness (QED) is 0.504. The monoisotopic (exact) mass is 397 g/mol. The zero-order chi connectivity index (χ0) is 21.3. The largest absolute Gasteiger partial charge is 0.444 e. The van der Waals surface area contributed by atoms with Crippen molar-refractivity contribution in [2.75, 3.05) is 53.4 Å². The SMILES string of the molecule is CCN(CC)CC1CCN(C(=NC)NCCC(C)N(C)C(=O)OC(C)(C)C)C1. The van der Waals surface area contributed by atoms with Crippen molar-refractivity contribution < 1.29 is 9.53 Å². The normalized spacial score (nSPS) is 19.1. The number of ether oxygens (including phenoxy) is 1. The Kier molecular flexibility index (Phi) is 10.1. The smallest absolute Gasteiger partial charge is 0.410 e. The van der Waals surface area contributed by atoms with Crippen LogP contribution in [0.15, 0.2) is 4.99 Å². The first kappa shape index (κ1) is 24.5. The third kappa shape index (κ3) is 8.25. The van der Waals surface area contributed by atoms with Crippen LogP contribution in [0, 0.1) is 5.92 Å². The number of hydrogen-bond acceptors (Lipinski definition) is 4. The average Bonchev–Trinajstić information content (AvgIpc) is 3.09. The highest BCUT2D eigenvalue weighted by molar-refractivity contribution is 5.80. The lowest BCUT2D eigenvalue weighted by Crippen LogP contribution is -2.44. The average molecular weight is 398 g/mol. The van der Waals surface area contributed by atoms with E-state index in [2.05, 4.69) is 34.0 Å². The lowest BCUT2D eigenvalue weighted by Gasteiger charge is -2.29. The molecule has 7 heteroatoms. The molecule has 7 nitrogen and oxygen atoms in total. The molecule has 0 aromatic heterocycles. The Balaban J connectivity index is 2.41. The minimum absolute atomic E-state index is 0.0921. The van der Waals surface area contributed by atoms with Crippen molar-refractivity contribution >= 4 is 12.1 Å². The van der Waals surface area contributed by atoms with Gasteiger partial charge in [0.25, 0.3) is 0 Å². The number of guanidine groups is 1. The highest BCUT2D eigenvalue weighted by Gasteiger charge is 2.26. The molecular formula is C21H43N5O2. The topological polar surface area (TPSA) is 60.4 Å². The maximum absolute atomic E-state index is 12.2. The third-order valence-corrected chi connectivity index (χ3v) is 5.40. The summed E-state index contributed by atoms with van der Waals surface area (Å²) in [6, 6.07) is 0.0921. The Labute approximate surface area is 172 Å². The van der Waals surface area contributed by atoms with Crippen molar-refractivity contribution in [1.29, 1.82) is 0 Å². The Hall–Kier alpha value is -1.50. The van der Waals surface area contributed by atoms with Crippen molar-refractivity contribution in [1.82, 2.24) is 20.0 Å². The molecule has 1 amide bonds. The number of hydrogen-bond donors (Lipinski definition) is 1. The van der Waals surface area contributed by atoms with Crippen LogP contribution >= 0.6 is 0 Å². The van der Waals surface area contributed by atoms with Gasteiger partial charge >= 0.3 is 6.09 Å². The zero-order valence-corrected chi connectivity index (χ0v) is 19.4. The van der Waals surface area contributed by atoms with Gasteiger partial charge in [0, 0.05) is 46.3 Å². The Morgan fingerprint density at radius 2 is 1.96 bits per heavy atom. The van der Waals surface area contributed by atoms with Crippen molar-refractivity contribution in [2.24, 2.45) is 10.9 Å². The molecule has 164 valence electrons. The Morgan fingerprint density at radius 3 is 2.50 bits per heavy atom. The molecule has 0 spiro atoms. The number of aliphatic imine (C=N–C) groups is 1. The minimum Gasteiger partial charge on any atom is -0.444 e. The van der Waals surface area contributed by atoms with Crippen LogP contribution < -0.4 is 5.32 Å². The summed E-state index contributed by atoms with van der Waals surface area (Å²) < 4.78 is 5.44. The second kappa shape index (κ2) is 11.5. The van der Waals surface area contributed by atoms with Crippen LogP contribution in [0.2, 0.25) is 0 Å². The molecule has 1 fully saturated rings. The van der Waals surface area contributed by atoms with Crippen LogP contribution in [0.5, 0.6) is 0 Å². The maximum Gasteiger partial charge on any atom is 0.410 e. The van der Waals surface area contributed by atoms with Gasteiger partial charge in [-0.15, -0.1) is 0 Å². The molecule has 0 aromatic rings. The molecule has 2 unspecified atom stereocenters. The summed E-state index contributed by atoms with van der Waals surface area (Å²) in [4.78, 5) is 23.2. The summed E-state index contributed by atoms with van der Waals surface area (Å²) in [5, 5.41) is 3.47. The molecule has 1 saturated heterocycles. The Morgan fingerprint density at radius 1 is 1.32 bits per heavy atom. The fourth-order valence-corrected chi connectivity index (χ4v) is 3.45. The number of amides is 1. The van der Waals surface area contributed by atoms with E-state index in [0.29, 0.717) is 5.92 Å². The highest BCUT2D eigenvalue weighted by Crippen LogP contribution is 2.18. The van der Waals surface area contributed by atoms with Gasteiger partial charge in [-0.25, -0.2) is 4.79 Å². The second-order valence-corrected chi connectivity index (χ2v) is 8.79. The van der Waals surface area contributed by atoms with Crippen LogP contribution in [-0.2, 0) is 4.74 Å². The van der Waals surface area contributed by atoms with E-state index in [0.717, 1.165) is 51.6 Å². The van der Waals surface area contributed by atoms with Gasteiger partial charge in [-0.05, 0) is 59.5 Å². The van der Waals surface area contributed by atoms with Gasteiger partial charge in [-0.2, -0.15) is 0 Å². The van der Waals surface area contributed by atoms with Gasteiger partial charge < -0.3 is 24.8 Å². The zero-order valence-electron chi connectivity index (χ0n) is 19.4. The minimum atomic E-state index is -0.469. The number of nitrogens with one attached hydrogen (secondary N) is 1. The number of carbonyl (C=O) groups is 1. The standard InChI is InChI=1S/C21H43N5O2/c1-9-25(10-2)15-18-12-14-26(16-18)19(22-7)23-13-11-17(3)24(8)20(27)28-21(4,5)6/h17-18H,9-16H2,1-8H3,(H,22,23). The molecule has 1 N–H and O–H groups in total. The summed E-state index contributed by atoms with van der Waals surface area (Å²) in [7, 11) is 3.64. The molecule has 0 saturated carbocycles. The van der Waals surface area contributed by atoms with E-state index in [4.69, 9.17) is 4.74 Å². The van der Waals surface area contributed by atoms with Gasteiger partial charge in [-0.1, -0.05) is 13.8 Å². The van der Waals surface area contributed by atoms with E-state index in [1.54, 1.807) is 11.9 Å². The van der Waals surface area contributed by atoms with E-state index in [1.807, 2.05) is 34.7 Å². The molecule has 0 aromatic carbocycles. The molecule has 1 aliphatic heterocycles. The number of likely N-dealkylation sites (tertiary alicyclic amines) is 1. The molecule has 1 heterocycles. The van der Waals surface area contributed by atoms with Crippen LogP contribution in [0.1, 0.15) is 54.4 Å². The summed E-state index contributed by atoms with van der Waals surface area (Å²) >= 11 is 0. The summed E-state index contributed by atoms with van der Waals surface area (Å²) in [5.41, 5.74) is -0.469. The van der Waals surface area contributed by atoms with E-state index < -0.39 is 5.60 Å². The molecule has 0 bridgehead atoms. The predicted octanol–water partition coefficient (Wildman–Crippen LogP) is 2.87. The van der Waals surface area contributed by atoms with Gasteiger partial charge in [0.05, 0.1) is 0 Å². The van der Waals surface area contributed by atoms with Crippen LogP contribution in [0.4, 0.5) is 4.79 Å². The molecule has 2 atom stereocenters. The third-order valence-electron chi connectivity index (χ3n) is 5.40. The number of nitrogens with zero attached hydrogens (tertiary/aromatic N) is 4. The molecule has 0 radical (unpaired) electrons. The molecule has 1 aliphatic rings. The summed E-state index contributed by atoms with van der Waals surface area (Å²) in [6.07, 6.45) is 1.78. The van der Waals surface area contributed by atoms with E-state index >= 15 is 0 Å². The Bertz CT molecular complexity index is 500. The van der Waals surface area contributed by atoms with E-state index in [9.17, 15) is 4.79 Å². The fourth-order valence-electron chi connectivity index (χ4n) is 3.45. The van der Waals surface area contributed by atoms with Crippen molar-refractivity contribution in [3.63, 3.8) is 0 Å². The van der Waals surface area contributed by atoms with E-state index in [-0.39, 0.29) is 12.1 Å². The molecule has 28 heavy (non-hydrogen) atoms. The number of carbonyl (C=O) groups excluding carboxylic acids is 1. The van der Waals surface area contributed by atoms with Crippen LogP contribution in [-0.4, -0.2) is 91.8 Å². The first-order chi connectivity index (χ1) is 13.1. The highest BCUT2D eigenvalue weighted by atomic mass is 16.6. The summed E-state index contributed by atoms with van der Waals surface area (Å²) in [5.74, 6) is 1.67. The lowest BCUT2D eigenvalue weighted by molar-refractivity contribution is 0.0230. The van der Waals surface area contributed by atoms with Crippen LogP contribution in [0.3, 0.4) is 0 Å². The van der Waals surface area contributed by atoms with Crippen molar-refractivity contribution in [3.8, 4) is 0 Å². The molecule has 1 rings (SSSR count).